The molecule has 0 N–H and O–H groups in total. The van der Waals surface area contributed by atoms with Crippen LogP contribution in [0.3, 0.4) is 0 Å². The van der Waals surface area contributed by atoms with Crippen LogP contribution in [0, 0.1) is 11.8 Å². The topological polar surface area (TPSA) is 69.7 Å². The fraction of sp³-hybridized carbons (Fsp3) is 0.440. The number of rotatable bonds is 10. The van der Waals surface area contributed by atoms with Crippen molar-refractivity contribution >= 4 is 11.8 Å². The predicted octanol–water partition coefficient (Wildman–Crippen LogP) is 5.79. The van der Waals surface area contributed by atoms with Crippen LogP contribution in [-0.4, -0.2) is 11.8 Å². The molecule has 2 aromatic rings. The van der Waals surface area contributed by atoms with Crippen LogP contribution in [-0.2, 0) is 27.2 Å². The number of esters is 1. The van der Waals surface area contributed by atoms with E-state index in [0.29, 0.717) is 0 Å². The second kappa shape index (κ2) is 10.3. The van der Waals surface area contributed by atoms with Crippen LogP contribution >= 0.6 is 0 Å². The maximum absolute atomic E-state index is 11.9. The third kappa shape index (κ3) is 6.09. The van der Waals surface area contributed by atoms with Gasteiger partial charge in [0.1, 0.15) is 11.7 Å². The van der Waals surface area contributed by atoms with Gasteiger partial charge in [-0.1, -0.05) is 18.6 Å². The van der Waals surface area contributed by atoms with E-state index in [-0.39, 0.29) is 17.5 Å². The average Bonchev–Trinajstić information content (AvgIpc) is 3.43. The Labute approximate surface area is 177 Å². The maximum atomic E-state index is 11.9. The number of hydrogen-bond donors (Lipinski definition) is 0. The maximum Gasteiger partial charge on any atom is 0.322 e. The first-order valence-corrected chi connectivity index (χ1v) is 10.6. The van der Waals surface area contributed by atoms with Gasteiger partial charge in [0.2, 0.25) is 5.78 Å². The van der Waals surface area contributed by atoms with Gasteiger partial charge in [-0.15, -0.1) is 0 Å². The van der Waals surface area contributed by atoms with Crippen molar-refractivity contribution in [1.29, 1.82) is 0 Å². The fourth-order valence-electron chi connectivity index (χ4n) is 3.56. The molecule has 2 aromatic heterocycles. The molecule has 1 aliphatic rings. The van der Waals surface area contributed by atoms with Gasteiger partial charge >= 0.3 is 5.97 Å². The molecular weight excluding hydrogens is 380 g/mol. The van der Waals surface area contributed by atoms with Crippen molar-refractivity contribution in [2.45, 2.75) is 59.3 Å². The summed E-state index contributed by atoms with van der Waals surface area (Å²) in [6.07, 6.45) is 15.0. The van der Waals surface area contributed by atoms with E-state index in [1.54, 1.807) is 25.5 Å². The summed E-state index contributed by atoms with van der Waals surface area (Å²) in [6.45, 7) is 5.80. The Balaban J connectivity index is 1.36. The molecule has 0 spiro atoms. The van der Waals surface area contributed by atoms with E-state index in [2.05, 4.69) is 26.0 Å². The van der Waals surface area contributed by atoms with Gasteiger partial charge in [-0.2, -0.15) is 0 Å². The predicted molar refractivity (Wildman–Crippen MR) is 114 cm³/mol. The quantitative estimate of drug-likeness (QED) is 0.214. The minimum atomic E-state index is -0.661. The van der Waals surface area contributed by atoms with Crippen LogP contribution in [0.1, 0.15) is 63.3 Å². The minimum absolute atomic E-state index is 0.199. The highest BCUT2D eigenvalue weighted by Gasteiger charge is 2.36. The number of furan rings is 2. The summed E-state index contributed by atoms with van der Waals surface area (Å²) in [6, 6.07) is 4.06. The number of carbonyl (C=O) groups is 2. The highest BCUT2D eigenvalue weighted by Crippen LogP contribution is 2.23. The first kappa shape index (κ1) is 21.9. The van der Waals surface area contributed by atoms with Crippen molar-refractivity contribution in [3.8, 4) is 0 Å². The molecule has 0 amide bonds. The van der Waals surface area contributed by atoms with Gasteiger partial charge in [0.25, 0.3) is 0 Å². The molecule has 1 fully saturated rings. The molecule has 2 atom stereocenters. The Kier molecular flexibility index (Phi) is 7.50. The summed E-state index contributed by atoms with van der Waals surface area (Å²) in [4.78, 5) is 23.4. The number of Topliss-reactive ketones (excluding diaryl/α,β-unsaturated/α-hetero) is 1. The summed E-state index contributed by atoms with van der Waals surface area (Å²) in [7, 11) is 0. The van der Waals surface area contributed by atoms with Crippen LogP contribution in [0.5, 0.6) is 0 Å². The van der Waals surface area contributed by atoms with Gasteiger partial charge < -0.3 is 13.6 Å². The molecule has 3 rings (SSSR count). The molecule has 160 valence electrons. The number of aryl methyl sites for hydroxylation is 1. The molecule has 0 aliphatic carbocycles. The summed E-state index contributed by atoms with van der Waals surface area (Å²) in [5.74, 6) is 0.0779. The zero-order valence-electron chi connectivity index (χ0n) is 18.0. The largest absolute Gasteiger partial charge is 0.472 e. The second-order valence-electron chi connectivity index (χ2n) is 8.23. The molecule has 0 bridgehead atoms. The highest BCUT2D eigenvalue weighted by atomic mass is 16.5. The van der Waals surface area contributed by atoms with E-state index in [1.807, 2.05) is 12.3 Å². The van der Waals surface area contributed by atoms with Crippen molar-refractivity contribution in [3.63, 3.8) is 0 Å². The monoisotopic (exact) mass is 410 g/mol. The zero-order valence-corrected chi connectivity index (χ0v) is 18.0. The lowest BCUT2D eigenvalue weighted by Crippen LogP contribution is -2.09. The summed E-state index contributed by atoms with van der Waals surface area (Å²) >= 11 is 0. The Morgan fingerprint density at radius 3 is 2.77 bits per heavy atom. The Hall–Kier alpha value is -2.82. The van der Waals surface area contributed by atoms with Crippen molar-refractivity contribution in [3.05, 3.63) is 71.3 Å². The van der Waals surface area contributed by atoms with Gasteiger partial charge in [0.05, 0.1) is 18.8 Å². The lowest BCUT2D eigenvalue weighted by molar-refractivity contribution is -0.138. The van der Waals surface area contributed by atoms with Crippen LogP contribution in [0.25, 0.3) is 0 Å². The Morgan fingerprint density at radius 2 is 2.07 bits per heavy atom. The molecular formula is C25H30O5. The zero-order chi connectivity index (χ0) is 21.5. The summed E-state index contributed by atoms with van der Waals surface area (Å²) in [5, 5.41) is 0. The number of allylic oxidation sites excluding steroid dienone is 4. The number of hydrogen-bond acceptors (Lipinski definition) is 5. The molecule has 1 saturated heterocycles. The minimum Gasteiger partial charge on any atom is -0.472 e. The molecule has 3 heterocycles. The third-order valence-electron chi connectivity index (χ3n) is 5.46. The molecule has 1 aliphatic heterocycles. The van der Waals surface area contributed by atoms with E-state index in [4.69, 9.17) is 13.6 Å². The number of ether oxygens (including phenoxy) is 1. The molecule has 0 saturated carbocycles. The van der Waals surface area contributed by atoms with Gasteiger partial charge in [-0.3, -0.25) is 9.59 Å². The Bertz CT molecular complexity index is 913. The van der Waals surface area contributed by atoms with E-state index >= 15 is 0 Å². The van der Waals surface area contributed by atoms with E-state index < -0.39 is 11.9 Å². The van der Waals surface area contributed by atoms with Crippen LogP contribution in [0.2, 0.25) is 0 Å². The highest BCUT2D eigenvalue weighted by molar-refractivity contribution is 6.12. The second-order valence-corrected chi connectivity index (χ2v) is 8.23. The third-order valence-corrected chi connectivity index (χ3v) is 5.46. The van der Waals surface area contributed by atoms with Gasteiger partial charge in [0, 0.05) is 6.42 Å². The number of ketones is 1. The number of cyclic esters (lactones) is 1. The molecule has 5 heteroatoms. The molecule has 0 radical (unpaired) electrons. The molecule has 1 unspecified atom stereocenters. The normalized spacial score (nSPS) is 19.5. The van der Waals surface area contributed by atoms with Crippen LogP contribution in [0.15, 0.2) is 63.2 Å². The van der Waals surface area contributed by atoms with Gasteiger partial charge in [-0.05, 0) is 81.2 Å². The van der Waals surface area contributed by atoms with Gasteiger partial charge in [0.15, 0.2) is 5.76 Å². The SMILES string of the molecule is C/C(=C\CCc1coc(Cc2ccoc2)c1)CCC[C@@H](C)/C=C1\OC(=O)C(C)C1=O. The van der Waals surface area contributed by atoms with Crippen LogP contribution < -0.4 is 0 Å². The fourth-order valence-corrected chi connectivity index (χ4v) is 3.56. The first-order valence-electron chi connectivity index (χ1n) is 10.6. The van der Waals surface area contributed by atoms with Crippen molar-refractivity contribution in [2.75, 3.05) is 0 Å². The number of carbonyl (C=O) groups excluding carboxylic acids is 2. The van der Waals surface area contributed by atoms with E-state index in [0.717, 1.165) is 49.8 Å². The summed E-state index contributed by atoms with van der Waals surface area (Å²) < 4.78 is 15.8. The molecule has 30 heavy (non-hydrogen) atoms. The summed E-state index contributed by atoms with van der Waals surface area (Å²) in [5.41, 5.74) is 3.69. The molecule has 5 nitrogen and oxygen atoms in total. The van der Waals surface area contributed by atoms with Crippen LogP contribution in [0.4, 0.5) is 0 Å². The Morgan fingerprint density at radius 1 is 1.23 bits per heavy atom. The van der Waals surface area contributed by atoms with E-state index in [1.165, 1.54) is 11.1 Å². The molecule has 0 aromatic carbocycles. The van der Waals surface area contributed by atoms with E-state index in [9.17, 15) is 9.59 Å². The van der Waals surface area contributed by atoms with Crippen molar-refractivity contribution in [1.82, 2.24) is 0 Å². The van der Waals surface area contributed by atoms with Crippen molar-refractivity contribution < 1.29 is 23.2 Å². The van der Waals surface area contributed by atoms with Gasteiger partial charge in [-0.25, -0.2) is 0 Å². The average molecular weight is 411 g/mol. The standard InChI is InChI=1S/C25H30O5/c1-17(6-4-8-18(2)12-23-24(26)19(3)25(27)30-23)7-5-9-20-13-22(29-16-20)14-21-10-11-28-15-21/h7,10-13,15-16,18-19H,4-6,8-9,14H2,1-3H3/b17-7+,23-12-/t18-,19?/m1/s1. The first-order chi connectivity index (χ1) is 14.4. The smallest absolute Gasteiger partial charge is 0.322 e. The lowest BCUT2D eigenvalue weighted by atomic mass is 9.98. The lowest BCUT2D eigenvalue weighted by Gasteiger charge is -2.07. The van der Waals surface area contributed by atoms with Crippen molar-refractivity contribution in [2.24, 2.45) is 11.8 Å².